The van der Waals surface area contributed by atoms with Crippen LogP contribution in [-0.2, 0) is 11.4 Å². The summed E-state index contributed by atoms with van der Waals surface area (Å²) in [6.07, 6.45) is 4.12. The molecule has 3 amide bonds. The summed E-state index contributed by atoms with van der Waals surface area (Å²) < 4.78 is 5.77. The Labute approximate surface area is 198 Å². The van der Waals surface area contributed by atoms with Crippen molar-refractivity contribution in [1.29, 1.82) is 0 Å². The van der Waals surface area contributed by atoms with Crippen LogP contribution in [0.5, 0.6) is 5.75 Å². The van der Waals surface area contributed by atoms with Crippen LogP contribution in [0.2, 0.25) is 0 Å². The maximum atomic E-state index is 12.5. The number of fused-ring (bicyclic) bond motifs is 1. The summed E-state index contributed by atoms with van der Waals surface area (Å²) in [5.41, 5.74) is 3.75. The zero-order valence-electron chi connectivity index (χ0n) is 19.3. The van der Waals surface area contributed by atoms with Gasteiger partial charge in [-0.2, -0.15) is 0 Å². The molecule has 0 saturated heterocycles. The van der Waals surface area contributed by atoms with Gasteiger partial charge in [0, 0.05) is 30.9 Å². The Bertz CT molecular complexity index is 1190. The van der Waals surface area contributed by atoms with Crippen molar-refractivity contribution in [2.24, 2.45) is 0 Å². The predicted octanol–water partition coefficient (Wildman–Crippen LogP) is 4.22. The summed E-state index contributed by atoms with van der Waals surface area (Å²) in [6.45, 7) is 4.45. The summed E-state index contributed by atoms with van der Waals surface area (Å²) in [5, 5.41) is 2.97. The minimum atomic E-state index is -0.292. The molecule has 1 aliphatic rings. The van der Waals surface area contributed by atoms with Crippen molar-refractivity contribution in [1.82, 2.24) is 15.2 Å². The molecule has 1 aromatic heterocycles. The van der Waals surface area contributed by atoms with Crippen LogP contribution >= 0.6 is 0 Å². The second-order valence-corrected chi connectivity index (χ2v) is 8.42. The van der Waals surface area contributed by atoms with Crippen LogP contribution in [0.4, 0.5) is 0 Å². The van der Waals surface area contributed by atoms with Crippen molar-refractivity contribution in [2.75, 3.05) is 6.54 Å². The van der Waals surface area contributed by atoms with Gasteiger partial charge in [-0.1, -0.05) is 29.8 Å². The van der Waals surface area contributed by atoms with E-state index in [1.165, 1.54) is 4.90 Å². The number of aryl methyl sites for hydroxylation is 1. The first-order valence-corrected chi connectivity index (χ1v) is 11.3. The van der Waals surface area contributed by atoms with Crippen LogP contribution in [0.3, 0.4) is 0 Å². The lowest BCUT2D eigenvalue weighted by molar-refractivity contribution is -0.121. The van der Waals surface area contributed by atoms with Gasteiger partial charge < -0.3 is 10.1 Å². The fourth-order valence-electron chi connectivity index (χ4n) is 3.91. The van der Waals surface area contributed by atoms with Crippen molar-refractivity contribution >= 4 is 17.7 Å². The Morgan fingerprint density at radius 3 is 2.56 bits per heavy atom. The second-order valence-electron chi connectivity index (χ2n) is 8.42. The highest BCUT2D eigenvalue weighted by molar-refractivity contribution is 6.21. The van der Waals surface area contributed by atoms with E-state index in [9.17, 15) is 14.4 Å². The van der Waals surface area contributed by atoms with Gasteiger partial charge in [0.05, 0.1) is 17.2 Å². The van der Waals surface area contributed by atoms with E-state index in [4.69, 9.17) is 4.74 Å². The van der Waals surface area contributed by atoms with E-state index in [0.29, 0.717) is 24.2 Å². The van der Waals surface area contributed by atoms with Crippen molar-refractivity contribution in [3.05, 3.63) is 94.8 Å². The number of carbonyl (C=O) groups is 3. The Kier molecular flexibility index (Phi) is 7.01. The molecule has 1 atom stereocenters. The SMILES string of the molecule is Cc1ccc2c(c1)C(=O)N(CCCC(=O)NC(C)c1ccc(OCc3cccnc3)cc1)C2=O. The smallest absolute Gasteiger partial charge is 0.261 e. The highest BCUT2D eigenvalue weighted by atomic mass is 16.5. The number of imide groups is 1. The molecule has 2 aromatic carbocycles. The molecule has 1 aliphatic heterocycles. The van der Waals surface area contributed by atoms with Crippen molar-refractivity contribution < 1.29 is 19.1 Å². The molecule has 34 heavy (non-hydrogen) atoms. The number of nitrogens with one attached hydrogen (secondary N) is 1. The van der Waals surface area contributed by atoms with E-state index in [-0.39, 0.29) is 36.7 Å². The van der Waals surface area contributed by atoms with Gasteiger partial charge in [-0.3, -0.25) is 24.3 Å². The molecule has 174 valence electrons. The van der Waals surface area contributed by atoms with Crippen molar-refractivity contribution in [3.63, 3.8) is 0 Å². The van der Waals surface area contributed by atoms with Crippen LogP contribution in [0.15, 0.2) is 67.0 Å². The molecule has 0 bridgehead atoms. The minimum Gasteiger partial charge on any atom is -0.489 e. The monoisotopic (exact) mass is 457 g/mol. The average Bonchev–Trinajstić information content (AvgIpc) is 3.07. The Morgan fingerprint density at radius 2 is 1.82 bits per heavy atom. The molecule has 0 spiro atoms. The average molecular weight is 458 g/mol. The molecule has 7 nitrogen and oxygen atoms in total. The van der Waals surface area contributed by atoms with Crippen molar-refractivity contribution in [2.45, 2.75) is 39.3 Å². The van der Waals surface area contributed by atoms with E-state index in [1.807, 2.05) is 56.3 Å². The number of carbonyl (C=O) groups excluding carboxylic acids is 3. The predicted molar refractivity (Wildman–Crippen MR) is 127 cm³/mol. The minimum absolute atomic E-state index is 0.128. The summed E-state index contributed by atoms with van der Waals surface area (Å²) in [5.74, 6) is 0.0297. The largest absolute Gasteiger partial charge is 0.489 e. The molecule has 1 N–H and O–H groups in total. The van der Waals surface area contributed by atoms with Gasteiger partial charge in [-0.15, -0.1) is 0 Å². The topological polar surface area (TPSA) is 88.6 Å². The van der Waals surface area contributed by atoms with E-state index in [0.717, 1.165) is 22.4 Å². The Morgan fingerprint density at radius 1 is 1.06 bits per heavy atom. The zero-order valence-corrected chi connectivity index (χ0v) is 19.3. The molecule has 3 aromatic rings. The molecule has 2 heterocycles. The number of nitrogens with zero attached hydrogens (tertiary/aromatic N) is 2. The highest BCUT2D eigenvalue weighted by Gasteiger charge is 2.34. The fourth-order valence-corrected chi connectivity index (χ4v) is 3.91. The number of ether oxygens (including phenoxy) is 1. The van der Waals surface area contributed by atoms with Gasteiger partial charge in [-0.05, 0) is 56.2 Å². The molecular weight excluding hydrogens is 430 g/mol. The van der Waals surface area contributed by atoms with Crippen LogP contribution in [-0.4, -0.2) is 34.2 Å². The van der Waals surface area contributed by atoms with Crippen LogP contribution in [0, 0.1) is 6.92 Å². The van der Waals surface area contributed by atoms with E-state index in [1.54, 1.807) is 24.5 Å². The van der Waals surface area contributed by atoms with Crippen LogP contribution < -0.4 is 10.1 Å². The number of benzene rings is 2. The lowest BCUT2D eigenvalue weighted by Gasteiger charge is -2.16. The quantitative estimate of drug-likeness (QED) is 0.486. The lowest BCUT2D eigenvalue weighted by Crippen LogP contribution is -2.32. The number of hydrogen-bond donors (Lipinski definition) is 1. The molecular formula is C27H27N3O4. The molecule has 0 aliphatic carbocycles. The first kappa shape index (κ1) is 23.2. The maximum Gasteiger partial charge on any atom is 0.261 e. The number of hydrogen-bond acceptors (Lipinski definition) is 5. The first-order valence-electron chi connectivity index (χ1n) is 11.3. The third-order valence-electron chi connectivity index (χ3n) is 5.80. The maximum absolute atomic E-state index is 12.5. The Hall–Kier alpha value is -4.00. The van der Waals surface area contributed by atoms with Gasteiger partial charge in [0.2, 0.25) is 5.91 Å². The second kappa shape index (κ2) is 10.3. The number of aromatic nitrogens is 1. The van der Waals surface area contributed by atoms with E-state index >= 15 is 0 Å². The summed E-state index contributed by atoms with van der Waals surface area (Å²) in [7, 11) is 0. The summed E-state index contributed by atoms with van der Waals surface area (Å²) in [4.78, 5) is 42.8. The zero-order chi connectivity index (χ0) is 24.1. The van der Waals surface area contributed by atoms with Gasteiger partial charge in [0.1, 0.15) is 12.4 Å². The molecule has 4 rings (SSSR count). The van der Waals surface area contributed by atoms with E-state index < -0.39 is 0 Å². The molecule has 0 saturated carbocycles. The number of pyridine rings is 1. The number of rotatable bonds is 9. The Balaban J connectivity index is 1.23. The van der Waals surface area contributed by atoms with Crippen LogP contribution in [0.25, 0.3) is 0 Å². The van der Waals surface area contributed by atoms with Gasteiger partial charge >= 0.3 is 0 Å². The third kappa shape index (κ3) is 5.31. The molecule has 0 fully saturated rings. The normalized spacial score (nSPS) is 13.5. The standard InChI is InChI=1S/C27H27N3O4/c1-18-7-12-23-24(15-18)27(33)30(26(23)32)14-4-6-25(31)29-19(2)21-8-10-22(11-9-21)34-17-20-5-3-13-28-16-20/h3,5,7-13,15-16,19H,4,6,14,17H2,1-2H3,(H,29,31). The van der Waals surface area contributed by atoms with E-state index in [2.05, 4.69) is 10.3 Å². The summed E-state index contributed by atoms with van der Waals surface area (Å²) in [6, 6.07) is 16.5. The molecule has 0 radical (unpaired) electrons. The molecule has 1 unspecified atom stereocenters. The summed E-state index contributed by atoms with van der Waals surface area (Å²) >= 11 is 0. The molecule has 7 heteroatoms. The number of amides is 3. The lowest BCUT2D eigenvalue weighted by atomic mass is 10.1. The highest BCUT2D eigenvalue weighted by Crippen LogP contribution is 2.24. The van der Waals surface area contributed by atoms with Gasteiger partial charge in [-0.25, -0.2) is 0 Å². The van der Waals surface area contributed by atoms with Crippen molar-refractivity contribution in [3.8, 4) is 5.75 Å². The third-order valence-corrected chi connectivity index (χ3v) is 5.80. The first-order chi connectivity index (χ1) is 16.4. The van der Waals surface area contributed by atoms with Crippen LogP contribution in [0.1, 0.15) is 63.2 Å². The van der Waals surface area contributed by atoms with Gasteiger partial charge in [0.25, 0.3) is 11.8 Å². The van der Waals surface area contributed by atoms with Gasteiger partial charge in [0.15, 0.2) is 0 Å². The fraction of sp³-hybridized carbons (Fsp3) is 0.259.